The number of hydrogen-bond donors (Lipinski definition) is 1. The van der Waals surface area contributed by atoms with Gasteiger partial charge >= 0.3 is 0 Å². The number of aryl methyl sites for hydroxylation is 1. The van der Waals surface area contributed by atoms with Gasteiger partial charge in [-0.2, -0.15) is 0 Å². The van der Waals surface area contributed by atoms with E-state index < -0.39 is 0 Å². The molecule has 0 bridgehead atoms. The molecular formula is C16H12BrNOS. The summed E-state index contributed by atoms with van der Waals surface area (Å²) < 4.78 is 2.10. The molecule has 1 aromatic heterocycles. The number of fused-ring (bicyclic) bond motifs is 1. The molecule has 0 aliphatic rings. The van der Waals surface area contributed by atoms with Gasteiger partial charge in [-0.3, -0.25) is 4.79 Å². The minimum Gasteiger partial charge on any atom is -0.398 e. The maximum Gasteiger partial charge on any atom is 0.196 e. The van der Waals surface area contributed by atoms with Crippen molar-refractivity contribution in [1.82, 2.24) is 0 Å². The number of ketones is 1. The van der Waals surface area contributed by atoms with E-state index in [2.05, 4.69) is 15.9 Å². The number of hydrogen-bond acceptors (Lipinski definition) is 3. The zero-order valence-electron chi connectivity index (χ0n) is 10.8. The van der Waals surface area contributed by atoms with Crippen LogP contribution in [0.4, 0.5) is 5.69 Å². The summed E-state index contributed by atoms with van der Waals surface area (Å²) >= 11 is 5.08. The third-order valence-corrected chi connectivity index (χ3v) is 5.20. The number of thiophene rings is 1. The second-order valence-electron chi connectivity index (χ2n) is 4.69. The van der Waals surface area contributed by atoms with Crippen molar-refractivity contribution in [2.75, 3.05) is 5.73 Å². The standard InChI is InChI=1S/C16H12BrNOS/c1-9-5-6-14(18)11(7-9)15(19)12-8-20-16-10(12)3-2-4-13(16)17/h2-8H,18H2,1H3. The molecule has 2 aromatic carbocycles. The van der Waals surface area contributed by atoms with Crippen LogP contribution in [-0.2, 0) is 0 Å². The molecule has 0 atom stereocenters. The second-order valence-corrected chi connectivity index (χ2v) is 6.42. The molecule has 1 heterocycles. The largest absolute Gasteiger partial charge is 0.398 e. The van der Waals surface area contributed by atoms with Crippen molar-refractivity contribution in [2.24, 2.45) is 0 Å². The summed E-state index contributed by atoms with van der Waals surface area (Å²) in [6, 6.07) is 11.4. The fourth-order valence-corrected chi connectivity index (χ4v) is 3.81. The lowest BCUT2D eigenvalue weighted by molar-refractivity contribution is 0.104. The minimum absolute atomic E-state index is 0.0180. The van der Waals surface area contributed by atoms with Gasteiger partial charge in [0.25, 0.3) is 0 Å². The van der Waals surface area contributed by atoms with Gasteiger partial charge in [-0.25, -0.2) is 0 Å². The first-order valence-electron chi connectivity index (χ1n) is 6.14. The number of halogens is 1. The molecule has 2 N–H and O–H groups in total. The van der Waals surface area contributed by atoms with Crippen LogP contribution in [0.3, 0.4) is 0 Å². The molecule has 3 rings (SSSR count). The number of carbonyl (C=O) groups is 1. The van der Waals surface area contributed by atoms with Crippen molar-refractivity contribution < 1.29 is 4.79 Å². The molecule has 0 spiro atoms. The van der Waals surface area contributed by atoms with Crippen molar-refractivity contribution in [3.8, 4) is 0 Å². The molecule has 0 radical (unpaired) electrons. The molecular weight excluding hydrogens is 334 g/mol. The Kier molecular flexibility index (Phi) is 3.36. The van der Waals surface area contributed by atoms with Gasteiger partial charge in [-0.05, 0) is 41.1 Å². The molecule has 20 heavy (non-hydrogen) atoms. The molecule has 0 unspecified atom stereocenters. The topological polar surface area (TPSA) is 43.1 Å². The van der Waals surface area contributed by atoms with E-state index in [1.165, 1.54) is 0 Å². The molecule has 0 saturated carbocycles. The van der Waals surface area contributed by atoms with Gasteiger partial charge in [-0.15, -0.1) is 11.3 Å². The first-order valence-corrected chi connectivity index (χ1v) is 7.81. The summed E-state index contributed by atoms with van der Waals surface area (Å²) in [6.07, 6.45) is 0. The first-order chi connectivity index (χ1) is 9.58. The van der Waals surface area contributed by atoms with Gasteiger partial charge < -0.3 is 5.73 Å². The van der Waals surface area contributed by atoms with E-state index in [1.807, 2.05) is 42.6 Å². The van der Waals surface area contributed by atoms with Crippen LogP contribution >= 0.6 is 27.3 Å². The Hall–Kier alpha value is -1.65. The highest BCUT2D eigenvalue weighted by Gasteiger charge is 2.17. The first kappa shape index (κ1) is 13.3. The van der Waals surface area contributed by atoms with E-state index in [-0.39, 0.29) is 5.78 Å². The molecule has 0 saturated heterocycles. The summed E-state index contributed by atoms with van der Waals surface area (Å²) in [5, 5.41) is 2.87. The lowest BCUT2D eigenvalue weighted by Gasteiger charge is -2.05. The van der Waals surface area contributed by atoms with Crippen LogP contribution in [0.15, 0.2) is 46.3 Å². The Morgan fingerprint density at radius 2 is 2.00 bits per heavy atom. The van der Waals surface area contributed by atoms with E-state index in [4.69, 9.17) is 5.73 Å². The van der Waals surface area contributed by atoms with Gasteiger partial charge in [0, 0.05) is 36.8 Å². The molecule has 0 aliphatic heterocycles. The van der Waals surface area contributed by atoms with Crippen LogP contribution in [0.25, 0.3) is 10.1 Å². The Labute approximate surface area is 129 Å². The highest BCUT2D eigenvalue weighted by Crippen LogP contribution is 2.34. The number of anilines is 1. The Balaban J connectivity index is 2.18. The normalized spacial score (nSPS) is 10.9. The second kappa shape index (κ2) is 5.04. The van der Waals surface area contributed by atoms with Gasteiger partial charge in [0.1, 0.15) is 0 Å². The minimum atomic E-state index is -0.0180. The van der Waals surface area contributed by atoms with Crippen LogP contribution in [0.1, 0.15) is 21.5 Å². The lowest BCUT2D eigenvalue weighted by atomic mass is 9.99. The number of nitrogen functional groups attached to an aromatic ring is 1. The van der Waals surface area contributed by atoms with Crippen molar-refractivity contribution >= 4 is 48.8 Å². The summed E-state index contributed by atoms with van der Waals surface area (Å²) in [5.74, 6) is -0.0180. The number of nitrogens with two attached hydrogens (primary N) is 1. The zero-order valence-corrected chi connectivity index (χ0v) is 13.2. The Bertz CT molecular complexity index is 822. The van der Waals surface area contributed by atoms with Gasteiger partial charge in [-0.1, -0.05) is 23.8 Å². The smallest absolute Gasteiger partial charge is 0.196 e. The average Bonchev–Trinajstić information content (AvgIpc) is 2.86. The van der Waals surface area contributed by atoms with Gasteiger partial charge in [0.2, 0.25) is 0 Å². The average molecular weight is 346 g/mol. The van der Waals surface area contributed by atoms with Crippen molar-refractivity contribution in [3.05, 3.63) is 62.9 Å². The number of rotatable bonds is 2. The maximum absolute atomic E-state index is 12.7. The van der Waals surface area contributed by atoms with Crippen molar-refractivity contribution in [2.45, 2.75) is 6.92 Å². The van der Waals surface area contributed by atoms with Crippen molar-refractivity contribution in [1.29, 1.82) is 0 Å². The lowest BCUT2D eigenvalue weighted by Crippen LogP contribution is -2.05. The zero-order chi connectivity index (χ0) is 14.3. The summed E-state index contributed by atoms with van der Waals surface area (Å²) in [7, 11) is 0. The SMILES string of the molecule is Cc1ccc(N)c(C(=O)c2csc3c(Br)cccc23)c1. The summed E-state index contributed by atoms with van der Waals surface area (Å²) in [6.45, 7) is 1.96. The molecule has 3 aromatic rings. The van der Waals surface area contributed by atoms with E-state index in [1.54, 1.807) is 17.4 Å². The Morgan fingerprint density at radius 3 is 2.80 bits per heavy atom. The molecule has 0 aliphatic carbocycles. The molecule has 100 valence electrons. The highest BCUT2D eigenvalue weighted by molar-refractivity contribution is 9.10. The van der Waals surface area contributed by atoms with E-state index in [0.717, 1.165) is 20.1 Å². The molecule has 4 heteroatoms. The fourth-order valence-electron chi connectivity index (χ4n) is 2.21. The van der Waals surface area contributed by atoms with Crippen LogP contribution in [-0.4, -0.2) is 5.78 Å². The van der Waals surface area contributed by atoms with Gasteiger partial charge in [0.15, 0.2) is 5.78 Å². The highest BCUT2D eigenvalue weighted by atomic mass is 79.9. The molecule has 0 fully saturated rings. The van der Waals surface area contributed by atoms with E-state index in [9.17, 15) is 4.79 Å². The van der Waals surface area contributed by atoms with Crippen LogP contribution in [0, 0.1) is 6.92 Å². The van der Waals surface area contributed by atoms with E-state index >= 15 is 0 Å². The number of carbonyl (C=O) groups excluding carboxylic acids is 1. The van der Waals surface area contributed by atoms with E-state index in [0.29, 0.717) is 16.8 Å². The quantitative estimate of drug-likeness (QED) is 0.536. The van der Waals surface area contributed by atoms with Crippen molar-refractivity contribution in [3.63, 3.8) is 0 Å². The van der Waals surface area contributed by atoms with Crippen LogP contribution < -0.4 is 5.73 Å². The predicted octanol–water partition coefficient (Wildman–Crippen LogP) is 4.79. The molecule has 0 amide bonds. The molecule has 2 nitrogen and oxygen atoms in total. The third kappa shape index (κ3) is 2.15. The predicted molar refractivity (Wildman–Crippen MR) is 88.5 cm³/mol. The van der Waals surface area contributed by atoms with Crippen LogP contribution in [0.2, 0.25) is 0 Å². The van der Waals surface area contributed by atoms with Gasteiger partial charge in [0.05, 0.1) is 0 Å². The summed E-state index contributed by atoms with van der Waals surface area (Å²) in [5.41, 5.74) is 8.78. The monoisotopic (exact) mass is 345 g/mol. The maximum atomic E-state index is 12.7. The van der Waals surface area contributed by atoms with Crippen LogP contribution in [0.5, 0.6) is 0 Å². The fraction of sp³-hybridized carbons (Fsp3) is 0.0625. The third-order valence-electron chi connectivity index (χ3n) is 3.25. The number of benzene rings is 2. The summed E-state index contributed by atoms with van der Waals surface area (Å²) in [4.78, 5) is 12.7. The Morgan fingerprint density at radius 1 is 1.20 bits per heavy atom.